The van der Waals surface area contributed by atoms with Crippen molar-refractivity contribution in [2.24, 2.45) is 0 Å². The van der Waals surface area contributed by atoms with Crippen LogP contribution >= 0.6 is 15.9 Å². The number of aliphatic hydroxyl groups excluding tert-OH is 1. The maximum absolute atomic E-state index is 11.5. The van der Waals surface area contributed by atoms with E-state index in [1.807, 2.05) is 6.92 Å². The van der Waals surface area contributed by atoms with Crippen LogP contribution in [0.15, 0.2) is 16.6 Å². The molecule has 18 heavy (non-hydrogen) atoms. The molecule has 0 aliphatic rings. The van der Waals surface area contributed by atoms with E-state index in [1.165, 1.54) is 0 Å². The summed E-state index contributed by atoms with van der Waals surface area (Å²) in [6.07, 6.45) is -0.499. The van der Waals surface area contributed by atoms with Gasteiger partial charge in [-0.2, -0.15) is 0 Å². The Hall–Kier alpha value is -1.07. The Bertz CT molecular complexity index is 431. The van der Waals surface area contributed by atoms with Gasteiger partial charge >= 0.3 is 5.97 Å². The zero-order valence-corrected chi connectivity index (χ0v) is 12.3. The highest BCUT2D eigenvalue weighted by atomic mass is 79.9. The minimum Gasteiger partial charge on any atom is -0.496 e. The van der Waals surface area contributed by atoms with Crippen molar-refractivity contribution >= 4 is 21.9 Å². The summed E-state index contributed by atoms with van der Waals surface area (Å²) in [7, 11) is 1.56. The van der Waals surface area contributed by atoms with Crippen LogP contribution in [0.25, 0.3) is 0 Å². The lowest BCUT2D eigenvalue weighted by molar-refractivity contribution is -0.153. The number of ether oxygens (including phenoxy) is 2. The normalized spacial score (nSPS) is 12.1. The van der Waals surface area contributed by atoms with Crippen molar-refractivity contribution in [3.05, 3.63) is 27.7 Å². The van der Waals surface area contributed by atoms with Crippen LogP contribution in [0.2, 0.25) is 0 Å². The lowest BCUT2D eigenvalue weighted by atomic mass is 10.0. The lowest BCUT2D eigenvalue weighted by Gasteiger charge is -2.15. The van der Waals surface area contributed by atoms with Crippen LogP contribution in [0.1, 0.15) is 31.1 Å². The molecule has 0 amide bonds. The molecule has 0 aliphatic heterocycles. The number of carbonyl (C=O) groups is 1. The van der Waals surface area contributed by atoms with Gasteiger partial charge in [0.2, 0.25) is 0 Å². The highest BCUT2D eigenvalue weighted by molar-refractivity contribution is 9.10. The molecule has 0 spiro atoms. The predicted octanol–water partition coefficient (Wildman–Crippen LogP) is 2.62. The molecule has 0 radical (unpaired) electrons. The van der Waals surface area contributed by atoms with E-state index in [2.05, 4.69) is 15.9 Å². The number of hydrogen-bond acceptors (Lipinski definition) is 4. The molecule has 1 rings (SSSR count). The van der Waals surface area contributed by atoms with Gasteiger partial charge in [-0.25, -0.2) is 4.79 Å². The van der Waals surface area contributed by atoms with E-state index in [0.29, 0.717) is 11.3 Å². The summed E-state index contributed by atoms with van der Waals surface area (Å²) in [6.45, 7) is 3.94. The molecule has 1 aromatic rings. The molecular weight excluding hydrogens is 300 g/mol. The zero-order valence-electron chi connectivity index (χ0n) is 10.7. The quantitative estimate of drug-likeness (QED) is 0.848. The molecule has 0 saturated carbocycles. The number of esters is 1. The molecule has 1 aromatic carbocycles. The fraction of sp³-hybridized carbons (Fsp3) is 0.462. The predicted molar refractivity (Wildman–Crippen MR) is 71.7 cm³/mol. The molecule has 100 valence electrons. The summed E-state index contributed by atoms with van der Waals surface area (Å²) >= 11 is 3.41. The van der Waals surface area contributed by atoms with Crippen molar-refractivity contribution in [1.82, 2.24) is 0 Å². The maximum Gasteiger partial charge on any atom is 0.339 e. The van der Waals surface area contributed by atoms with Gasteiger partial charge in [-0.1, -0.05) is 22.9 Å². The van der Waals surface area contributed by atoms with Crippen LogP contribution in [-0.4, -0.2) is 24.8 Å². The topological polar surface area (TPSA) is 55.8 Å². The summed E-state index contributed by atoms with van der Waals surface area (Å²) < 4.78 is 10.8. The zero-order chi connectivity index (χ0) is 13.7. The number of methoxy groups -OCH3 is 1. The molecule has 0 fully saturated rings. The summed E-state index contributed by atoms with van der Waals surface area (Å²) in [5, 5.41) is 9.88. The number of aliphatic hydroxyl groups is 1. The highest BCUT2D eigenvalue weighted by Crippen LogP contribution is 2.32. The van der Waals surface area contributed by atoms with Gasteiger partial charge in [-0.05, 0) is 31.0 Å². The van der Waals surface area contributed by atoms with Crippen molar-refractivity contribution in [2.45, 2.75) is 26.4 Å². The van der Waals surface area contributed by atoms with Crippen molar-refractivity contribution in [2.75, 3.05) is 13.7 Å². The molecule has 0 bridgehead atoms. The first kappa shape index (κ1) is 15.0. The van der Waals surface area contributed by atoms with E-state index in [9.17, 15) is 9.90 Å². The van der Waals surface area contributed by atoms with E-state index in [1.54, 1.807) is 26.2 Å². The van der Waals surface area contributed by atoms with Gasteiger partial charge in [0.1, 0.15) is 5.75 Å². The van der Waals surface area contributed by atoms with E-state index in [-0.39, 0.29) is 6.61 Å². The highest BCUT2D eigenvalue weighted by Gasteiger charge is 2.21. The third kappa shape index (κ3) is 3.23. The minimum atomic E-state index is -1.29. The van der Waals surface area contributed by atoms with Gasteiger partial charge in [0.05, 0.1) is 13.7 Å². The average molecular weight is 317 g/mol. The van der Waals surface area contributed by atoms with Gasteiger partial charge in [-0.3, -0.25) is 0 Å². The summed E-state index contributed by atoms with van der Waals surface area (Å²) in [6, 6.07) is 3.37. The Labute approximate surface area is 115 Å². The van der Waals surface area contributed by atoms with Crippen LogP contribution in [0, 0.1) is 0 Å². The number of halogens is 1. The molecule has 1 unspecified atom stereocenters. The minimum absolute atomic E-state index is 0.237. The molecule has 0 aromatic heterocycles. The van der Waals surface area contributed by atoms with Gasteiger partial charge in [0, 0.05) is 10.0 Å². The van der Waals surface area contributed by atoms with Crippen LogP contribution < -0.4 is 4.74 Å². The fourth-order valence-electron chi connectivity index (χ4n) is 1.67. The smallest absolute Gasteiger partial charge is 0.339 e. The molecule has 0 heterocycles. The second-order valence-corrected chi connectivity index (χ2v) is 4.55. The first-order chi connectivity index (χ1) is 8.54. The Balaban J connectivity index is 3.11. The maximum atomic E-state index is 11.5. The molecule has 5 heteroatoms. The summed E-state index contributed by atoms with van der Waals surface area (Å²) in [5.41, 5.74) is 1.45. The van der Waals surface area contributed by atoms with Crippen LogP contribution in [0.5, 0.6) is 5.75 Å². The second-order valence-electron chi connectivity index (χ2n) is 3.69. The Morgan fingerprint density at radius 2 is 2.11 bits per heavy atom. The molecule has 0 saturated heterocycles. The van der Waals surface area contributed by atoms with Crippen molar-refractivity contribution in [3.8, 4) is 5.75 Å². The van der Waals surface area contributed by atoms with E-state index >= 15 is 0 Å². The summed E-state index contributed by atoms with van der Waals surface area (Å²) in [4.78, 5) is 11.5. The van der Waals surface area contributed by atoms with Gasteiger partial charge in [0.25, 0.3) is 0 Å². The number of hydrogen-bond donors (Lipinski definition) is 1. The third-order valence-corrected chi connectivity index (χ3v) is 3.28. The third-order valence-electron chi connectivity index (χ3n) is 2.58. The SMILES string of the molecule is CCOC(=O)C(O)c1cc(Br)c(CC)c(OC)c1. The van der Waals surface area contributed by atoms with Gasteiger partial charge in [-0.15, -0.1) is 0 Å². The lowest BCUT2D eigenvalue weighted by Crippen LogP contribution is -2.15. The first-order valence-electron chi connectivity index (χ1n) is 5.76. The molecule has 1 N–H and O–H groups in total. The Kier molecular flexibility index (Phi) is 5.62. The monoisotopic (exact) mass is 316 g/mol. The standard InChI is InChI=1S/C13H17BrO4/c1-4-9-10(14)6-8(7-11(9)17-3)12(15)13(16)18-5-2/h6-7,12,15H,4-5H2,1-3H3. The molecule has 4 nitrogen and oxygen atoms in total. The Morgan fingerprint density at radius 1 is 1.44 bits per heavy atom. The summed E-state index contributed by atoms with van der Waals surface area (Å²) in [5.74, 6) is -0.0130. The first-order valence-corrected chi connectivity index (χ1v) is 6.55. The van der Waals surface area contributed by atoms with E-state index in [4.69, 9.17) is 9.47 Å². The number of carbonyl (C=O) groups excluding carboxylic acids is 1. The van der Waals surface area contributed by atoms with Gasteiger partial charge in [0.15, 0.2) is 6.10 Å². The van der Waals surface area contributed by atoms with Crippen molar-refractivity contribution < 1.29 is 19.4 Å². The van der Waals surface area contributed by atoms with E-state index < -0.39 is 12.1 Å². The molecular formula is C13H17BrO4. The second kappa shape index (κ2) is 6.75. The Morgan fingerprint density at radius 3 is 2.61 bits per heavy atom. The van der Waals surface area contributed by atoms with Crippen LogP contribution in [0.4, 0.5) is 0 Å². The van der Waals surface area contributed by atoms with Crippen molar-refractivity contribution in [3.63, 3.8) is 0 Å². The van der Waals surface area contributed by atoms with Crippen LogP contribution in [-0.2, 0) is 16.0 Å². The molecule has 1 atom stereocenters. The number of rotatable bonds is 5. The van der Waals surface area contributed by atoms with Crippen LogP contribution in [0.3, 0.4) is 0 Å². The molecule has 0 aliphatic carbocycles. The van der Waals surface area contributed by atoms with Gasteiger partial charge < -0.3 is 14.6 Å². The van der Waals surface area contributed by atoms with E-state index in [0.717, 1.165) is 16.5 Å². The van der Waals surface area contributed by atoms with Crippen molar-refractivity contribution in [1.29, 1.82) is 0 Å². The fourth-order valence-corrected chi connectivity index (χ4v) is 2.41. The largest absolute Gasteiger partial charge is 0.496 e. The number of benzene rings is 1. The average Bonchev–Trinajstić information content (AvgIpc) is 2.36.